The van der Waals surface area contributed by atoms with Crippen LogP contribution in [0.1, 0.15) is 52.7 Å². The van der Waals surface area contributed by atoms with Crippen molar-refractivity contribution in [3.05, 3.63) is 47.8 Å². The average molecular weight is 428 g/mol. The van der Waals surface area contributed by atoms with Gasteiger partial charge in [0.25, 0.3) is 11.8 Å². The van der Waals surface area contributed by atoms with Gasteiger partial charge in [0.05, 0.1) is 10.8 Å². The molecule has 0 fully saturated rings. The Morgan fingerprint density at radius 2 is 1.07 bits per heavy atom. The number of alkyl halides is 4. The van der Waals surface area contributed by atoms with Crippen LogP contribution < -0.4 is 9.47 Å². The van der Waals surface area contributed by atoms with E-state index in [1.54, 1.807) is 0 Å². The number of nitrogens with zero attached hydrogens (tertiary/aromatic N) is 2. The van der Waals surface area contributed by atoms with E-state index in [2.05, 4.69) is 9.97 Å². The largest absolute Gasteiger partial charge is 0.522 e. The van der Waals surface area contributed by atoms with Crippen LogP contribution in [0.4, 0.5) is 22.4 Å². The molecule has 0 spiro atoms. The van der Waals surface area contributed by atoms with Crippen LogP contribution in [0.2, 0.25) is 0 Å². The first-order valence-corrected chi connectivity index (χ1v) is 9.15. The van der Waals surface area contributed by atoms with Crippen molar-refractivity contribution < 1.29 is 31.8 Å². The molecule has 2 aromatic heterocycles. The number of carbonyl (C=O) groups is 1. The number of ether oxygens (including phenoxy) is 2. The Morgan fingerprint density at radius 1 is 0.733 bits per heavy atom. The van der Waals surface area contributed by atoms with Crippen molar-refractivity contribution in [2.24, 2.45) is 0 Å². The highest BCUT2D eigenvalue weighted by Crippen LogP contribution is 2.43. The molecule has 0 saturated carbocycles. The highest BCUT2D eigenvalue weighted by molar-refractivity contribution is 5.67. The Hall–Kier alpha value is -2.71. The monoisotopic (exact) mass is 428 g/mol. The lowest BCUT2D eigenvalue weighted by molar-refractivity contribution is -0.0479. The van der Waals surface area contributed by atoms with E-state index >= 15 is 0 Å². The molecule has 0 bridgehead atoms. The Morgan fingerprint density at radius 3 is 1.37 bits per heavy atom. The lowest BCUT2D eigenvalue weighted by Gasteiger charge is -2.32. The van der Waals surface area contributed by atoms with Gasteiger partial charge in [-0.2, -0.15) is 0 Å². The second-order valence-electron chi connectivity index (χ2n) is 8.19. The molecule has 2 aromatic rings. The molecule has 0 aliphatic heterocycles. The first-order chi connectivity index (χ1) is 13.6. The summed E-state index contributed by atoms with van der Waals surface area (Å²) >= 11 is 0. The van der Waals surface area contributed by atoms with E-state index in [4.69, 9.17) is 9.47 Å². The summed E-state index contributed by atoms with van der Waals surface area (Å²) in [6.45, 7) is 6.62. The molecule has 0 N–H and O–H groups in total. The molecule has 9 heteroatoms. The van der Waals surface area contributed by atoms with Crippen molar-refractivity contribution >= 4 is 6.16 Å². The third kappa shape index (κ3) is 4.55. The quantitative estimate of drug-likeness (QED) is 0.422. The normalized spacial score (nSPS) is 13.1. The second-order valence-corrected chi connectivity index (χ2v) is 8.19. The lowest BCUT2D eigenvalue weighted by atomic mass is 9.79. The van der Waals surface area contributed by atoms with Crippen LogP contribution in [0.3, 0.4) is 0 Å². The lowest BCUT2D eigenvalue weighted by Crippen LogP contribution is -2.39. The topological polar surface area (TPSA) is 61.3 Å². The molecule has 0 radical (unpaired) electrons. The Balaban J connectivity index is 2.34. The minimum atomic E-state index is -3.15. The fraction of sp³-hybridized carbons (Fsp3) is 0.476. The first kappa shape index (κ1) is 23.6. The van der Waals surface area contributed by atoms with E-state index in [9.17, 15) is 22.4 Å². The van der Waals surface area contributed by atoms with Gasteiger partial charge in [0.15, 0.2) is 0 Å². The molecule has 2 rings (SSSR count). The van der Waals surface area contributed by atoms with Crippen molar-refractivity contribution in [3.63, 3.8) is 0 Å². The van der Waals surface area contributed by atoms with Gasteiger partial charge in [-0.05, 0) is 39.8 Å². The number of hydrogen-bond donors (Lipinski definition) is 0. The maximum atomic E-state index is 14.1. The van der Waals surface area contributed by atoms with E-state index in [1.807, 2.05) is 0 Å². The van der Waals surface area contributed by atoms with Crippen LogP contribution in [-0.2, 0) is 10.8 Å². The third-order valence-electron chi connectivity index (χ3n) is 5.44. The van der Waals surface area contributed by atoms with Crippen LogP contribution in [0.15, 0.2) is 36.7 Å². The number of aromatic nitrogens is 2. The van der Waals surface area contributed by atoms with Crippen molar-refractivity contribution in [2.45, 2.75) is 64.2 Å². The maximum absolute atomic E-state index is 14.1. The van der Waals surface area contributed by atoms with Crippen molar-refractivity contribution in [2.75, 3.05) is 0 Å². The van der Waals surface area contributed by atoms with E-state index in [0.29, 0.717) is 0 Å². The predicted molar refractivity (Wildman–Crippen MR) is 102 cm³/mol. The molecule has 0 aliphatic rings. The molecule has 0 aromatic carbocycles. The molecule has 164 valence electrons. The minimum absolute atomic E-state index is 0.0175. The van der Waals surface area contributed by atoms with Gasteiger partial charge in [-0.15, -0.1) is 0 Å². The summed E-state index contributed by atoms with van der Waals surface area (Å²) in [7, 11) is 0. The SMILES string of the molecule is CC(F)(F)C(C)(C)c1cccnc1OC(=O)Oc1ncccc1C(C)(C)C(C)(F)F. The minimum Gasteiger partial charge on any atom is -0.375 e. The van der Waals surface area contributed by atoms with Crippen LogP contribution in [0.25, 0.3) is 0 Å². The Bertz CT molecular complexity index is 845. The summed E-state index contributed by atoms with van der Waals surface area (Å²) in [4.78, 5) is 20.0. The highest BCUT2D eigenvalue weighted by atomic mass is 19.3. The molecular formula is C21H24F4N2O3. The van der Waals surface area contributed by atoms with Gasteiger partial charge >= 0.3 is 6.16 Å². The molecule has 2 heterocycles. The predicted octanol–water partition coefficient (Wildman–Crippen LogP) is 5.92. The number of pyridine rings is 2. The fourth-order valence-corrected chi connectivity index (χ4v) is 2.55. The second kappa shape index (κ2) is 7.85. The van der Waals surface area contributed by atoms with Crippen molar-refractivity contribution in [3.8, 4) is 11.8 Å². The number of carbonyl (C=O) groups excluding carboxylic acids is 1. The van der Waals surface area contributed by atoms with Crippen LogP contribution in [0, 0.1) is 0 Å². The summed E-state index contributed by atoms with van der Waals surface area (Å²) in [5.41, 5.74) is -3.45. The summed E-state index contributed by atoms with van der Waals surface area (Å²) in [6.07, 6.45) is 1.20. The van der Waals surface area contributed by atoms with Gasteiger partial charge in [0, 0.05) is 37.4 Å². The van der Waals surface area contributed by atoms with E-state index < -0.39 is 28.8 Å². The third-order valence-corrected chi connectivity index (χ3v) is 5.44. The summed E-state index contributed by atoms with van der Waals surface area (Å²) in [5, 5.41) is 0. The van der Waals surface area contributed by atoms with Gasteiger partial charge < -0.3 is 9.47 Å². The molecule has 0 aliphatic carbocycles. The van der Waals surface area contributed by atoms with Crippen LogP contribution in [0.5, 0.6) is 11.8 Å². The average Bonchev–Trinajstić information content (AvgIpc) is 2.60. The van der Waals surface area contributed by atoms with E-state index in [0.717, 1.165) is 13.8 Å². The summed E-state index contributed by atoms with van der Waals surface area (Å²) in [5.74, 6) is -7.04. The molecule has 0 saturated heterocycles. The first-order valence-electron chi connectivity index (χ1n) is 9.15. The summed E-state index contributed by atoms with van der Waals surface area (Å²) < 4.78 is 66.4. The number of rotatable bonds is 6. The van der Waals surface area contributed by atoms with Gasteiger partial charge in [0.2, 0.25) is 11.8 Å². The zero-order valence-electron chi connectivity index (χ0n) is 17.6. The molecule has 0 atom stereocenters. The van der Waals surface area contributed by atoms with Crippen LogP contribution >= 0.6 is 0 Å². The van der Waals surface area contributed by atoms with E-state index in [-0.39, 0.29) is 22.9 Å². The van der Waals surface area contributed by atoms with E-state index in [1.165, 1.54) is 64.4 Å². The molecule has 30 heavy (non-hydrogen) atoms. The molecule has 0 unspecified atom stereocenters. The highest BCUT2D eigenvalue weighted by Gasteiger charge is 2.47. The zero-order valence-corrected chi connectivity index (χ0v) is 17.6. The fourth-order valence-electron chi connectivity index (χ4n) is 2.55. The zero-order chi connectivity index (χ0) is 23.0. The summed E-state index contributed by atoms with van der Waals surface area (Å²) in [6, 6.07) is 5.59. The Kier molecular flexibility index (Phi) is 6.16. The molecule has 0 amide bonds. The van der Waals surface area contributed by atoms with Crippen LogP contribution in [-0.4, -0.2) is 28.0 Å². The van der Waals surface area contributed by atoms with Crippen molar-refractivity contribution in [1.82, 2.24) is 9.97 Å². The molecular weight excluding hydrogens is 404 g/mol. The van der Waals surface area contributed by atoms with Gasteiger partial charge in [-0.3, -0.25) is 0 Å². The van der Waals surface area contributed by atoms with Gasteiger partial charge in [0.1, 0.15) is 0 Å². The van der Waals surface area contributed by atoms with Gasteiger partial charge in [-0.1, -0.05) is 12.1 Å². The van der Waals surface area contributed by atoms with Gasteiger partial charge in [-0.25, -0.2) is 32.3 Å². The molecule has 5 nitrogen and oxygen atoms in total. The maximum Gasteiger partial charge on any atom is 0.522 e. The van der Waals surface area contributed by atoms with Crippen molar-refractivity contribution in [1.29, 1.82) is 0 Å². The smallest absolute Gasteiger partial charge is 0.375 e. The number of halogens is 4. The Labute approximate surface area is 172 Å². The number of hydrogen-bond acceptors (Lipinski definition) is 5. The standard InChI is InChI=1S/C21H24F4N2O3/c1-18(2,20(5,22)23)13-9-7-11-26-15(13)29-17(28)30-16-14(10-8-12-27-16)19(3,4)21(6,24)25/h7-12H,1-6H3.